The molecule has 0 aliphatic carbocycles. The minimum Gasteiger partial charge on any atom is -0.481 e. The van der Waals surface area contributed by atoms with Crippen LogP contribution in [0.3, 0.4) is 0 Å². The number of ether oxygens (including phenoxy) is 12. The molecule has 0 aliphatic heterocycles. The van der Waals surface area contributed by atoms with Crippen molar-refractivity contribution in [3.63, 3.8) is 0 Å². The monoisotopic (exact) mass is 644 g/mol. The molecule has 0 saturated carbocycles. The first-order chi connectivity index (χ1) is 21.7. The first-order valence-electron chi connectivity index (χ1n) is 15.8. The van der Waals surface area contributed by atoms with Gasteiger partial charge in [0.15, 0.2) is 0 Å². The number of carboxylic acid groups (broad SMARTS) is 1. The van der Waals surface area contributed by atoms with E-state index in [1.807, 2.05) is 0 Å². The van der Waals surface area contributed by atoms with Gasteiger partial charge in [0.25, 0.3) is 0 Å². The van der Waals surface area contributed by atoms with Crippen molar-refractivity contribution in [2.45, 2.75) is 26.7 Å². The fraction of sp³-hybridized carbons (Fsp3) is 0.967. The van der Waals surface area contributed by atoms with Crippen LogP contribution in [0, 0.1) is 5.92 Å². The van der Waals surface area contributed by atoms with Crippen LogP contribution in [0.1, 0.15) is 26.7 Å². The van der Waals surface area contributed by atoms with E-state index in [4.69, 9.17) is 61.9 Å². The second kappa shape index (κ2) is 38.2. The summed E-state index contributed by atoms with van der Waals surface area (Å²) in [5, 5.41) is 8.48. The molecule has 1 N–H and O–H groups in total. The minimum atomic E-state index is -0.873. The van der Waals surface area contributed by atoms with E-state index >= 15 is 0 Å². The lowest BCUT2D eigenvalue weighted by Crippen LogP contribution is -2.15. The van der Waals surface area contributed by atoms with Gasteiger partial charge in [0.1, 0.15) is 0 Å². The molecule has 14 nitrogen and oxygen atoms in total. The van der Waals surface area contributed by atoms with Crippen molar-refractivity contribution in [2.75, 3.05) is 159 Å². The Hall–Kier alpha value is -1.01. The Labute approximate surface area is 264 Å². The van der Waals surface area contributed by atoms with Gasteiger partial charge in [-0.25, -0.2) is 0 Å². The van der Waals surface area contributed by atoms with E-state index in [2.05, 4.69) is 13.8 Å². The number of aliphatic carboxylic acids is 1. The van der Waals surface area contributed by atoms with E-state index in [0.29, 0.717) is 151 Å². The number of carbonyl (C=O) groups is 1. The zero-order chi connectivity index (χ0) is 32.0. The van der Waals surface area contributed by atoms with Crippen LogP contribution in [0.25, 0.3) is 0 Å². The van der Waals surface area contributed by atoms with Gasteiger partial charge in [-0.3, -0.25) is 4.79 Å². The lowest BCUT2D eigenvalue weighted by molar-refractivity contribution is -0.138. The molecule has 0 bridgehead atoms. The van der Waals surface area contributed by atoms with Gasteiger partial charge >= 0.3 is 5.97 Å². The second-order valence-electron chi connectivity index (χ2n) is 9.47. The topological polar surface area (TPSA) is 148 Å². The van der Waals surface area contributed by atoms with E-state index in [0.717, 1.165) is 13.0 Å². The van der Waals surface area contributed by atoms with Crippen LogP contribution in [0.15, 0.2) is 0 Å². The van der Waals surface area contributed by atoms with Crippen molar-refractivity contribution >= 4 is 5.97 Å². The molecule has 0 spiro atoms. The first-order valence-corrected chi connectivity index (χ1v) is 15.8. The highest BCUT2D eigenvalue weighted by molar-refractivity contribution is 5.66. The Kier molecular flexibility index (Phi) is 37.3. The third kappa shape index (κ3) is 39.0. The average molecular weight is 645 g/mol. The largest absolute Gasteiger partial charge is 0.481 e. The Morgan fingerprint density at radius 1 is 0.409 bits per heavy atom. The SMILES string of the molecule is CCC(C)COCCOCCOCCOCCOCCOCCOCCOCCOCCOCCOCCOCCC(=O)O. The predicted octanol–water partition coefficient (Wildman–Crippen LogP) is 1.71. The van der Waals surface area contributed by atoms with E-state index < -0.39 is 5.97 Å². The standard InChI is InChI=1S/C30H60O14/c1-3-29(2)28-44-27-26-43-25-24-42-23-22-41-21-20-40-19-18-39-17-16-38-15-14-37-13-12-36-11-10-35-9-8-34-7-6-33-5-4-30(31)32/h29H,3-28H2,1-2H3,(H,31,32). The van der Waals surface area contributed by atoms with Gasteiger partial charge in [-0.15, -0.1) is 0 Å². The summed E-state index contributed by atoms with van der Waals surface area (Å²) in [5.41, 5.74) is 0. The summed E-state index contributed by atoms with van der Waals surface area (Å²) >= 11 is 0. The van der Waals surface area contributed by atoms with Crippen molar-refractivity contribution in [3.05, 3.63) is 0 Å². The molecule has 0 aromatic rings. The van der Waals surface area contributed by atoms with Gasteiger partial charge < -0.3 is 61.9 Å². The molecule has 0 rings (SSSR count). The molecule has 0 radical (unpaired) electrons. The Balaban J connectivity index is 3.05. The third-order valence-corrected chi connectivity index (χ3v) is 5.65. The minimum absolute atomic E-state index is 0.00108. The summed E-state index contributed by atoms with van der Waals surface area (Å²) in [4.78, 5) is 10.3. The third-order valence-electron chi connectivity index (χ3n) is 5.65. The molecule has 264 valence electrons. The summed E-state index contributed by atoms with van der Waals surface area (Å²) in [6.45, 7) is 16.3. The number of rotatable bonds is 39. The van der Waals surface area contributed by atoms with E-state index in [-0.39, 0.29) is 13.0 Å². The summed E-state index contributed by atoms with van der Waals surface area (Å²) in [7, 11) is 0. The lowest BCUT2D eigenvalue weighted by atomic mass is 10.1. The molecular formula is C30H60O14. The highest BCUT2D eigenvalue weighted by atomic mass is 16.6. The molecule has 1 unspecified atom stereocenters. The molecular weight excluding hydrogens is 584 g/mol. The molecule has 0 aromatic carbocycles. The zero-order valence-corrected chi connectivity index (χ0v) is 27.2. The molecule has 0 amide bonds. The first kappa shape index (κ1) is 43.0. The van der Waals surface area contributed by atoms with Gasteiger partial charge in [0.05, 0.1) is 158 Å². The van der Waals surface area contributed by atoms with Gasteiger partial charge in [-0.1, -0.05) is 20.3 Å². The highest BCUT2D eigenvalue weighted by Crippen LogP contribution is 2.00. The summed E-state index contributed by atoms with van der Waals surface area (Å²) in [6.07, 6.45) is 1.13. The predicted molar refractivity (Wildman–Crippen MR) is 162 cm³/mol. The van der Waals surface area contributed by atoms with Crippen LogP contribution in [0.5, 0.6) is 0 Å². The van der Waals surface area contributed by atoms with E-state index in [1.54, 1.807) is 0 Å². The molecule has 0 aliphatic rings. The summed E-state index contributed by atoms with van der Waals surface area (Å²) < 4.78 is 65.0. The van der Waals surface area contributed by atoms with Crippen LogP contribution in [-0.4, -0.2) is 170 Å². The number of hydrogen-bond donors (Lipinski definition) is 1. The molecule has 44 heavy (non-hydrogen) atoms. The van der Waals surface area contributed by atoms with Gasteiger partial charge in [-0.05, 0) is 5.92 Å². The fourth-order valence-corrected chi connectivity index (χ4v) is 2.98. The molecule has 0 saturated heterocycles. The number of hydrogen-bond acceptors (Lipinski definition) is 13. The molecule has 0 aromatic heterocycles. The van der Waals surface area contributed by atoms with Crippen molar-refractivity contribution < 1.29 is 66.7 Å². The zero-order valence-electron chi connectivity index (χ0n) is 27.2. The maximum atomic E-state index is 10.3. The Morgan fingerprint density at radius 3 is 0.818 bits per heavy atom. The van der Waals surface area contributed by atoms with Crippen molar-refractivity contribution in [1.82, 2.24) is 0 Å². The van der Waals surface area contributed by atoms with Crippen LogP contribution in [-0.2, 0) is 61.6 Å². The maximum Gasteiger partial charge on any atom is 0.305 e. The van der Waals surface area contributed by atoms with Crippen molar-refractivity contribution in [3.8, 4) is 0 Å². The average Bonchev–Trinajstić information content (AvgIpc) is 3.02. The quantitative estimate of drug-likeness (QED) is 0.0968. The van der Waals surface area contributed by atoms with Crippen LogP contribution >= 0.6 is 0 Å². The molecule has 0 fully saturated rings. The van der Waals surface area contributed by atoms with Gasteiger partial charge in [0, 0.05) is 6.61 Å². The van der Waals surface area contributed by atoms with E-state index in [9.17, 15) is 4.79 Å². The van der Waals surface area contributed by atoms with Crippen LogP contribution in [0.2, 0.25) is 0 Å². The normalized spacial score (nSPS) is 12.2. The summed E-state index contributed by atoms with van der Waals surface area (Å²) in [5.74, 6) is -0.280. The maximum absolute atomic E-state index is 10.3. The van der Waals surface area contributed by atoms with Gasteiger partial charge in [-0.2, -0.15) is 0 Å². The summed E-state index contributed by atoms with van der Waals surface area (Å²) in [6, 6.07) is 0. The molecule has 0 heterocycles. The van der Waals surface area contributed by atoms with Gasteiger partial charge in [0.2, 0.25) is 0 Å². The highest BCUT2D eigenvalue weighted by Gasteiger charge is 1.99. The molecule has 14 heteroatoms. The second-order valence-corrected chi connectivity index (χ2v) is 9.47. The van der Waals surface area contributed by atoms with Crippen LogP contribution in [0.4, 0.5) is 0 Å². The smallest absolute Gasteiger partial charge is 0.305 e. The lowest BCUT2D eigenvalue weighted by Gasteiger charge is -2.10. The van der Waals surface area contributed by atoms with Crippen LogP contribution < -0.4 is 0 Å². The fourth-order valence-electron chi connectivity index (χ4n) is 2.98. The van der Waals surface area contributed by atoms with E-state index in [1.165, 1.54) is 0 Å². The molecule has 1 atom stereocenters. The number of carboxylic acids is 1. The Bertz CT molecular complexity index is 558. The van der Waals surface area contributed by atoms with Crippen molar-refractivity contribution in [1.29, 1.82) is 0 Å². The Morgan fingerprint density at radius 2 is 0.614 bits per heavy atom. The van der Waals surface area contributed by atoms with Crippen molar-refractivity contribution in [2.24, 2.45) is 5.92 Å².